The van der Waals surface area contributed by atoms with Crippen molar-refractivity contribution in [3.63, 3.8) is 0 Å². The van der Waals surface area contributed by atoms with Crippen molar-refractivity contribution in [2.45, 2.75) is 0 Å². The van der Waals surface area contributed by atoms with E-state index < -0.39 is 0 Å². The van der Waals surface area contributed by atoms with Gasteiger partial charge in [0, 0.05) is 39.6 Å². The van der Waals surface area contributed by atoms with Crippen LogP contribution in [-0.2, 0) is 39.6 Å². The summed E-state index contributed by atoms with van der Waals surface area (Å²) >= 11 is 0. The molecule has 0 heterocycles. The minimum atomic E-state index is 0. The van der Waals surface area contributed by atoms with E-state index in [9.17, 15) is 0 Å². The third kappa shape index (κ3) is 19.7. The number of hydrogen-bond acceptors (Lipinski definition) is 0. The second-order valence-electron chi connectivity index (χ2n) is 0. The van der Waals surface area contributed by atoms with E-state index >= 15 is 0 Å². The normalized spacial score (nSPS) is 0. The molecule has 0 N–H and O–H groups in total. The van der Waals surface area contributed by atoms with Crippen molar-refractivity contribution in [3.8, 4) is 0 Å². The first-order valence-electron chi connectivity index (χ1n) is 0. The van der Waals surface area contributed by atoms with Crippen LogP contribution in [0.3, 0.4) is 0 Å². The maximum Gasteiger partial charge on any atom is 0 e. The molecule has 5 heavy (non-hydrogen) atoms. The van der Waals surface area contributed by atoms with Crippen LogP contribution in [0.2, 0.25) is 0 Å². The van der Waals surface area contributed by atoms with Crippen molar-refractivity contribution >= 4 is 52.8 Å². The Kier molecular flexibility index (Phi) is 255. The first-order chi connectivity index (χ1) is 0. The van der Waals surface area contributed by atoms with Crippen LogP contribution >= 0.6 is 0 Å². The van der Waals surface area contributed by atoms with Crippen molar-refractivity contribution < 1.29 is 39.6 Å². The van der Waals surface area contributed by atoms with Crippen LogP contribution < -0.4 is 0 Å². The average molecular weight is 610 g/mol. The fourth-order valence-electron chi connectivity index (χ4n) is 0. The Labute approximate surface area is 91.0 Å². The topological polar surface area (TPSA) is 0 Å². The Morgan fingerprint density at radius 3 is 0.400 bits per heavy atom. The van der Waals surface area contributed by atoms with Gasteiger partial charge in [0.2, 0.25) is 0 Å². The van der Waals surface area contributed by atoms with Gasteiger partial charge in [0.1, 0.15) is 0 Å². The zero-order chi connectivity index (χ0) is 0. The molecule has 0 aromatic rings. The van der Waals surface area contributed by atoms with Crippen molar-refractivity contribution in [1.82, 2.24) is 0 Å². The van der Waals surface area contributed by atoms with Gasteiger partial charge >= 0.3 is 52.8 Å². The third-order valence-electron chi connectivity index (χ3n) is 0. The van der Waals surface area contributed by atoms with Crippen LogP contribution in [0.4, 0.5) is 0 Å². The molecule has 0 nitrogen and oxygen atoms in total. The molecule has 0 aliphatic heterocycles. The molecule has 0 rings (SSSR count). The quantitative estimate of drug-likeness (QED) is 0.244. The SMILES string of the molecule is [GeH4].[GeH4].[GeH4].[Os].[Os]. The van der Waals surface area contributed by atoms with Crippen LogP contribution in [-0.4, -0.2) is 52.8 Å². The van der Waals surface area contributed by atoms with E-state index in [-0.39, 0.29) is 92.4 Å². The van der Waals surface area contributed by atoms with Gasteiger partial charge in [-0.2, -0.15) is 0 Å². The molecule has 40 valence electrons. The summed E-state index contributed by atoms with van der Waals surface area (Å²) in [5.41, 5.74) is 0. The maximum absolute atomic E-state index is 0. The molecule has 0 amide bonds. The smallest absolute Gasteiger partial charge is 0 e. The monoisotopic (exact) mass is 618 g/mol. The molecule has 0 atom stereocenters. The van der Waals surface area contributed by atoms with Gasteiger partial charge in [-0.3, -0.25) is 0 Å². The van der Waals surface area contributed by atoms with Crippen LogP contribution in [0, 0.1) is 0 Å². The van der Waals surface area contributed by atoms with E-state index in [0.717, 1.165) is 0 Å². The van der Waals surface area contributed by atoms with Crippen molar-refractivity contribution in [2.75, 3.05) is 0 Å². The second kappa shape index (κ2) is 28.6. The zero-order valence-corrected chi connectivity index (χ0v) is 5.79. The van der Waals surface area contributed by atoms with Gasteiger partial charge in [0.05, 0.1) is 0 Å². The molecule has 0 unspecified atom stereocenters. The number of hydrogen-bond donors (Lipinski definition) is 0. The van der Waals surface area contributed by atoms with Crippen LogP contribution in [0.25, 0.3) is 0 Å². The van der Waals surface area contributed by atoms with Crippen LogP contribution in [0.5, 0.6) is 0 Å². The van der Waals surface area contributed by atoms with Gasteiger partial charge in [0.15, 0.2) is 0 Å². The van der Waals surface area contributed by atoms with Gasteiger partial charge in [0.25, 0.3) is 0 Å². The molecule has 0 bridgehead atoms. The molecular weight excluding hydrogens is 598 g/mol. The maximum atomic E-state index is 0. The molecule has 0 aromatic carbocycles. The molecule has 0 aromatic heterocycles. The summed E-state index contributed by atoms with van der Waals surface area (Å²) in [4.78, 5) is 0. The van der Waals surface area contributed by atoms with Gasteiger partial charge in [-0.05, 0) is 0 Å². The first kappa shape index (κ1) is 44.7. The van der Waals surface area contributed by atoms with E-state index in [4.69, 9.17) is 0 Å². The van der Waals surface area contributed by atoms with Gasteiger partial charge in [-0.15, -0.1) is 0 Å². The Bertz CT molecular complexity index is 4.85. The molecule has 0 fully saturated rings. The van der Waals surface area contributed by atoms with Gasteiger partial charge < -0.3 is 0 Å². The molecule has 0 saturated heterocycles. The largest absolute Gasteiger partial charge is 0 e. The van der Waals surface area contributed by atoms with Gasteiger partial charge in [-0.1, -0.05) is 0 Å². The molecule has 0 spiro atoms. The zero-order valence-electron chi connectivity index (χ0n) is 0.707. The molecular formula is H12Ge3Os2. The predicted octanol–water partition coefficient (Wildman–Crippen LogP) is -4.36. The Morgan fingerprint density at radius 2 is 0.400 bits per heavy atom. The minimum absolute atomic E-state index is 0. The van der Waals surface area contributed by atoms with E-state index in [2.05, 4.69) is 0 Å². The summed E-state index contributed by atoms with van der Waals surface area (Å²) in [7, 11) is 0. The summed E-state index contributed by atoms with van der Waals surface area (Å²) in [5.74, 6) is 0. The summed E-state index contributed by atoms with van der Waals surface area (Å²) in [6, 6.07) is 0. The number of rotatable bonds is 0. The summed E-state index contributed by atoms with van der Waals surface area (Å²) in [6.07, 6.45) is 0. The van der Waals surface area contributed by atoms with Crippen LogP contribution in [0.15, 0.2) is 0 Å². The third-order valence-corrected chi connectivity index (χ3v) is 0. The molecule has 0 aliphatic carbocycles. The van der Waals surface area contributed by atoms with E-state index in [0.29, 0.717) is 0 Å². The Morgan fingerprint density at radius 1 is 0.400 bits per heavy atom. The minimum Gasteiger partial charge on any atom is 0 e. The first-order valence-corrected chi connectivity index (χ1v) is 0. The van der Waals surface area contributed by atoms with Gasteiger partial charge in [-0.25, -0.2) is 0 Å². The van der Waals surface area contributed by atoms with Crippen LogP contribution in [0.1, 0.15) is 0 Å². The summed E-state index contributed by atoms with van der Waals surface area (Å²) in [6.45, 7) is 0. The van der Waals surface area contributed by atoms with Crippen molar-refractivity contribution in [2.24, 2.45) is 0 Å². The standard InChI is InChI=1S/3GeH4.2Os/h3*1H4;;. The molecule has 5 heteroatoms. The van der Waals surface area contributed by atoms with Crippen molar-refractivity contribution in [1.29, 1.82) is 0 Å². The van der Waals surface area contributed by atoms with E-state index in [1.165, 1.54) is 0 Å². The average Bonchev–Trinajstić information content (AvgIpc) is 0. The van der Waals surface area contributed by atoms with Crippen molar-refractivity contribution in [3.05, 3.63) is 0 Å². The van der Waals surface area contributed by atoms with E-state index in [1.54, 1.807) is 0 Å². The second-order valence-corrected chi connectivity index (χ2v) is 0. The summed E-state index contributed by atoms with van der Waals surface area (Å²) in [5, 5.41) is 0. The Balaban J connectivity index is 0. The Hall–Kier alpha value is 2.90. The van der Waals surface area contributed by atoms with E-state index in [1.807, 2.05) is 0 Å². The molecule has 0 aliphatic rings. The fourth-order valence-corrected chi connectivity index (χ4v) is 0. The fraction of sp³-hybridized carbons (Fsp3) is 0. The predicted molar refractivity (Wildman–Crippen MR) is 34.0 cm³/mol. The molecule has 0 radical (unpaired) electrons. The molecule has 0 saturated carbocycles. The summed E-state index contributed by atoms with van der Waals surface area (Å²) < 4.78 is 0.